The first kappa shape index (κ1) is 19.7. The third kappa shape index (κ3) is 4.06. The number of hydrogen-bond acceptors (Lipinski definition) is 2. The fraction of sp³-hybridized carbons (Fsp3) is 0.654. The van der Waals surface area contributed by atoms with E-state index in [0.29, 0.717) is 23.5 Å². The number of ether oxygens (including phenoxy) is 1. The summed E-state index contributed by atoms with van der Waals surface area (Å²) in [5.74, 6) is 9.26. The molecule has 0 aliphatic heterocycles. The molecule has 0 N–H and O–H groups in total. The summed E-state index contributed by atoms with van der Waals surface area (Å²) in [6.07, 6.45) is 8.62. The van der Waals surface area contributed by atoms with Crippen LogP contribution in [0.1, 0.15) is 70.8 Å². The third-order valence-electron chi connectivity index (χ3n) is 7.84. The molecule has 5 rings (SSSR count). The molecular weight excluding hydrogens is 344 g/mol. The van der Waals surface area contributed by atoms with Crippen LogP contribution in [-0.2, 0) is 9.53 Å². The van der Waals surface area contributed by atoms with Crippen LogP contribution in [0.4, 0.5) is 0 Å². The summed E-state index contributed by atoms with van der Waals surface area (Å²) in [7, 11) is 0. The minimum atomic E-state index is -0.258. The van der Waals surface area contributed by atoms with Crippen LogP contribution in [0.2, 0.25) is 0 Å². The Kier molecular flexibility index (Phi) is 5.93. The molecule has 2 bridgehead atoms. The highest BCUT2D eigenvalue weighted by Gasteiger charge is 2.54. The lowest BCUT2D eigenvalue weighted by Gasteiger charge is -2.60. The summed E-state index contributed by atoms with van der Waals surface area (Å²) >= 11 is 0. The summed E-state index contributed by atoms with van der Waals surface area (Å²) in [5, 5.41) is 0. The van der Waals surface area contributed by atoms with Gasteiger partial charge in [0.2, 0.25) is 0 Å². The van der Waals surface area contributed by atoms with Gasteiger partial charge in [-0.15, -0.1) is 0 Å². The minimum Gasteiger partial charge on any atom is -0.364 e. The summed E-state index contributed by atoms with van der Waals surface area (Å²) in [4.78, 5) is 12.7. The number of carbonyl (C=O) groups is 1. The van der Waals surface area contributed by atoms with E-state index in [9.17, 15) is 4.79 Å². The number of fused-ring (bicyclic) bond motifs is 2. The van der Waals surface area contributed by atoms with E-state index in [0.717, 1.165) is 49.7 Å². The van der Waals surface area contributed by atoms with Crippen molar-refractivity contribution in [2.24, 2.45) is 29.1 Å². The van der Waals surface area contributed by atoms with Gasteiger partial charge in [0.15, 0.2) is 0 Å². The molecule has 0 amide bonds. The van der Waals surface area contributed by atoms with Crippen LogP contribution in [0.3, 0.4) is 0 Å². The monoisotopic (exact) mass is 378 g/mol. The van der Waals surface area contributed by atoms with Gasteiger partial charge in [0.1, 0.15) is 11.9 Å². The Bertz CT molecular complexity index is 737. The van der Waals surface area contributed by atoms with E-state index in [1.165, 1.54) is 19.3 Å². The van der Waals surface area contributed by atoms with Gasteiger partial charge >= 0.3 is 0 Å². The highest BCUT2D eigenvalue weighted by Crippen LogP contribution is 2.61. The molecule has 1 aromatic rings. The second-order valence-electron chi connectivity index (χ2n) is 9.76. The second-order valence-corrected chi connectivity index (χ2v) is 9.76. The highest BCUT2D eigenvalue weighted by atomic mass is 16.5. The fourth-order valence-electron chi connectivity index (χ4n) is 5.83. The Morgan fingerprint density at radius 2 is 1.93 bits per heavy atom. The second kappa shape index (κ2) is 8.42. The van der Waals surface area contributed by atoms with Gasteiger partial charge in [-0.2, -0.15) is 0 Å². The Morgan fingerprint density at radius 1 is 1.11 bits per heavy atom. The van der Waals surface area contributed by atoms with E-state index in [1.807, 2.05) is 30.3 Å². The topological polar surface area (TPSA) is 26.3 Å². The van der Waals surface area contributed by atoms with Gasteiger partial charge in [-0.1, -0.05) is 56.7 Å². The van der Waals surface area contributed by atoms with E-state index in [-0.39, 0.29) is 12.0 Å². The van der Waals surface area contributed by atoms with Crippen LogP contribution < -0.4 is 0 Å². The predicted octanol–water partition coefficient (Wildman–Crippen LogP) is 5.65. The summed E-state index contributed by atoms with van der Waals surface area (Å²) in [6.45, 7) is 5.62. The van der Waals surface area contributed by atoms with E-state index in [1.54, 1.807) is 0 Å². The molecule has 28 heavy (non-hydrogen) atoms. The molecule has 2 heteroatoms. The Hall–Kier alpha value is -1.59. The Morgan fingerprint density at radius 3 is 2.68 bits per heavy atom. The zero-order chi connectivity index (χ0) is 19.6. The van der Waals surface area contributed by atoms with Crippen molar-refractivity contribution < 1.29 is 9.53 Å². The third-order valence-corrected chi connectivity index (χ3v) is 7.84. The number of benzene rings is 1. The van der Waals surface area contributed by atoms with Gasteiger partial charge in [-0.25, -0.2) is 0 Å². The molecule has 2 nitrogen and oxygen atoms in total. The van der Waals surface area contributed by atoms with Crippen molar-refractivity contribution in [2.75, 3.05) is 6.61 Å². The molecule has 0 aromatic heterocycles. The first-order chi connectivity index (χ1) is 13.6. The highest BCUT2D eigenvalue weighted by molar-refractivity contribution is 5.82. The lowest BCUT2D eigenvalue weighted by atomic mass is 9.46. The van der Waals surface area contributed by atoms with Gasteiger partial charge in [0.25, 0.3) is 0 Å². The largest absolute Gasteiger partial charge is 0.364 e. The van der Waals surface area contributed by atoms with Crippen molar-refractivity contribution in [1.82, 2.24) is 0 Å². The van der Waals surface area contributed by atoms with Crippen LogP contribution in [0, 0.1) is 40.9 Å². The van der Waals surface area contributed by atoms with Gasteiger partial charge in [0.05, 0.1) is 12.5 Å². The zero-order valence-corrected chi connectivity index (χ0v) is 17.5. The SMILES string of the molecule is CC1(C)[C@H]2CC[C@H](COC(C#Cc3ccccc3)C3CCCCCC3=O)[C@@H]1C2. The Labute approximate surface area is 170 Å². The van der Waals surface area contributed by atoms with E-state index in [4.69, 9.17) is 4.74 Å². The standard InChI is InChI=1S/C26H34O2/c1-26(2)21-15-14-20(23(26)17-21)18-28-25(16-13-19-9-5-3-6-10-19)22-11-7-4-8-12-24(22)27/h3,5-6,9-10,20-23,25H,4,7-8,11-12,14-15,17-18H2,1-2H3/t20-,21+,22?,23+,25?/m1/s1. The molecule has 0 heterocycles. The van der Waals surface area contributed by atoms with Crippen molar-refractivity contribution in [3.05, 3.63) is 35.9 Å². The number of ketones is 1. The maximum absolute atomic E-state index is 12.7. The van der Waals surface area contributed by atoms with Crippen LogP contribution >= 0.6 is 0 Å². The number of rotatable bonds is 4. The molecule has 4 saturated carbocycles. The van der Waals surface area contributed by atoms with E-state index >= 15 is 0 Å². The molecule has 150 valence electrons. The first-order valence-electron chi connectivity index (χ1n) is 11.3. The predicted molar refractivity (Wildman–Crippen MR) is 113 cm³/mol. The lowest BCUT2D eigenvalue weighted by Crippen LogP contribution is -2.53. The summed E-state index contributed by atoms with van der Waals surface area (Å²) < 4.78 is 6.46. The average Bonchev–Trinajstić information content (AvgIpc) is 2.93. The zero-order valence-electron chi connectivity index (χ0n) is 17.5. The van der Waals surface area contributed by atoms with E-state index < -0.39 is 0 Å². The van der Waals surface area contributed by atoms with Crippen molar-refractivity contribution in [2.45, 2.75) is 71.3 Å². The van der Waals surface area contributed by atoms with Crippen LogP contribution in [-0.4, -0.2) is 18.5 Å². The summed E-state index contributed by atoms with van der Waals surface area (Å²) in [5.41, 5.74) is 1.47. The van der Waals surface area contributed by atoms with Crippen molar-refractivity contribution >= 4 is 5.78 Å². The molecule has 0 saturated heterocycles. The number of Topliss-reactive ketones (excluding diaryl/α,β-unsaturated/α-hetero) is 1. The smallest absolute Gasteiger partial charge is 0.139 e. The molecule has 1 aromatic carbocycles. The first-order valence-corrected chi connectivity index (χ1v) is 11.3. The molecule has 2 unspecified atom stereocenters. The van der Waals surface area contributed by atoms with Crippen LogP contribution in [0.25, 0.3) is 0 Å². The van der Waals surface area contributed by atoms with Gasteiger partial charge in [-0.3, -0.25) is 4.79 Å². The van der Waals surface area contributed by atoms with Crippen LogP contribution in [0.15, 0.2) is 30.3 Å². The Balaban J connectivity index is 1.48. The fourth-order valence-corrected chi connectivity index (χ4v) is 5.83. The number of carbonyl (C=O) groups excluding carboxylic acids is 1. The van der Waals surface area contributed by atoms with E-state index in [2.05, 4.69) is 25.7 Å². The van der Waals surface area contributed by atoms with Crippen molar-refractivity contribution in [3.63, 3.8) is 0 Å². The van der Waals surface area contributed by atoms with Gasteiger partial charge < -0.3 is 4.74 Å². The number of hydrogen-bond donors (Lipinski definition) is 0. The molecule has 4 aliphatic rings. The van der Waals surface area contributed by atoms with Crippen LogP contribution in [0.5, 0.6) is 0 Å². The molecule has 5 atom stereocenters. The van der Waals surface area contributed by atoms with Crippen molar-refractivity contribution in [3.8, 4) is 11.8 Å². The van der Waals surface area contributed by atoms with Crippen molar-refractivity contribution in [1.29, 1.82) is 0 Å². The minimum absolute atomic E-state index is 0.0514. The maximum atomic E-state index is 12.7. The average molecular weight is 379 g/mol. The maximum Gasteiger partial charge on any atom is 0.139 e. The lowest BCUT2D eigenvalue weighted by molar-refractivity contribution is -0.137. The molecule has 0 radical (unpaired) electrons. The quantitative estimate of drug-likeness (QED) is 0.500. The molecule has 4 fully saturated rings. The summed E-state index contributed by atoms with van der Waals surface area (Å²) in [6, 6.07) is 10.1. The normalized spacial score (nSPS) is 32.4. The molecule has 4 aliphatic carbocycles. The van der Waals surface area contributed by atoms with Gasteiger partial charge in [0, 0.05) is 12.0 Å². The molecular formula is C26H34O2. The molecule has 0 spiro atoms. The van der Waals surface area contributed by atoms with Gasteiger partial charge in [-0.05, 0) is 67.4 Å².